The summed E-state index contributed by atoms with van der Waals surface area (Å²) in [6, 6.07) is 18.2. The molecule has 2 fully saturated rings. The molecule has 2 aliphatic rings. The molecule has 4 rings (SSSR count). The smallest absolute Gasteiger partial charge is 0.247 e. The highest BCUT2D eigenvalue weighted by atomic mass is 16.2. The molecule has 0 aliphatic carbocycles. The largest absolute Gasteiger partial charge is 0.297 e. The van der Waals surface area contributed by atoms with Gasteiger partial charge in [0, 0.05) is 32.7 Å². The SMILES string of the molecule is Cc1ccc(CN2C(=O)C[C@@H](N3CCN(Cc4ccccc4)CC3)C2=O)cc1. The summed E-state index contributed by atoms with van der Waals surface area (Å²) in [5, 5.41) is 0. The first-order valence-corrected chi connectivity index (χ1v) is 10.0. The number of rotatable bonds is 5. The summed E-state index contributed by atoms with van der Waals surface area (Å²) in [5.41, 5.74) is 3.49. The van der Waals surface area contributed by atoms with E-state index in [9.17, 15) is 9.59 Å². The molecule has 5 nitrogen and oxygen atoms in total. The first-order valence-electron chi connectivity index (χ1n) is 10.0. The summed E-state index contributed by atoms with van der Waals surface area (Å²) in [6.07, 6.45) is 0.309. The second-order valence-electron chi connectivity index (χ2n) is 7.82. The highest BCUT2D eigenvalue weighted by Crippen LogP contribution is 2.23. The molecule has 0 spiro atoms. The van der Waals surface area contributed by atoms with Gasteiger partial charge in [0.05, 0.1) is 19.0 Å². The van der Waals surface area contributed by atoms with E-state index in [1.165, 1.54) is 16.0 Å². The van der Waals surface area contributed by atoms with Crippen molar-refractivity contribution in [1.82, 2.24) is 14.7 Å². The fourth-order valence-electron chi connectivity index (χ4n) is 4.07. The average molecular weight is 377 g/mol. The van der Waals surface area contributed by atoms with Crippen LogP contribution in [0.15, 0.2) is 54.6 Å². The van der Waals surface area contributed by atoms with Crippen LogP contribution in [0, 0.1) is 6.92 Å². The van der Waals surface area contributed by atoms with E-state index >= 15 is 0 Å². The Labute approximate surface area is 166 Å². The predicted molar refractivity (Wildman–Crippen MR) is 108 cm³/mol. The van der Waals surface area contributed by atoms with Crippen LogP contribution in [0.25, 0.3) is 0 Å². The minimum atomic E-state index is -0.295. The van der Waals surface area contributed by atoms with Crippen molar-refractivity contribution in [2.45, 2.75) is 32.5 Å². The molecule has 0 unspecified atom stereocenters. The summed E-state index contributed by atoms with van der Waals surface area (Å²) in [6.45, 7) is 6.84. The zero-order valence-corrected chi connectivity index (χ0v) is 16.4. The van der Waals surface area contributed by atoms with E-state index in [0.29, 0.717) is 13.0 Å². The number of piperazine rings is 1. The Morgan fingerprint density at radius 1 is 0.821 bits per heavy atom. The Balaban J connectivity index is 1.33. The highest BCUT2D eigenvalue weighted by Gasteiger charge is 2.42. The standard InChI is InChI=1S/C23H27N3O2/c1-18-7-9-20(10-8-18)17-26-22(27)15-21(23(26)28)25-13-11-24(12-14-25)16-19-5-3-2-4-6-19/h2-10,21H,11-17H2,1H3/t21-/m1/s1. The first kappa shape index (κ1) is 18.8. The molecule has 2 aliphatic heterocycles. The van der Waals surface area contributed by atoms with Crippen LogP contribution in [0.5, 0.6) is 0 Å². The normalized spacial score (nSPS) is 21.5. The molecule has 0 bridgehead atoms. The molecule has 2 heterocycles. The van der Waals surface area contributed by atoms with E-state index in [2.05, 4.69) is 34.1 Å². The molecule has 0 aromatic heterocycles. The molecule has 2 saturated heterocycles. The Kier molecular flexibility index (Phi) is 5.55. The van der Waals surface area contributed by atoms with Crippen LogP contribution in [-0.4, -0.2) is 58.7 Å². The van der Waals surface area contributed by atoms with Gasteiger partial charge in [-0.05, 0) is 18.1 Å². The molecule has 0 N–H and O–H groups in total. The number of nitrogens with zero attached hydrogens (tertiary/aromatic N) is 3. The van der Waals surface area contributed by atoms with Crippen molar-refractivity contribution in [3.8, 4) is 0 Å². The van der Waals surface area contributed by atoms with Crippen molar-refractivity contribution in [3.63, 3.8) is 0 Å². The molecule has 0 saturated carbocycles. The van der Waals surface area contributed by atoms with Gasteiger partial charge in [0.15, 0.2) is 0 Å². The number of hydrogen-bond donors (Lipinski definition) is 0. The van der Waals surface area contributed by atoms with Crippen molar-refractivity contribution in [3.05, 3.63) is 71.3 Å². The van der Waals surface area contributed by atoms with Crippen LogP contribution < -0.4 is 0 Å². The maximum atomic E-state index is 12.9. The second kappa shape index (κ2) is 8.25. The topological polar surface area (TPSA) is 43.9 Å². The number of imide groups is 1. The van der Waals surface area contributed by atoms with E-state index in [0.717, 1.165) is 38.3 Å². The lowest BCUT2D eigenvalue weighted by molar-refractivity contribution is -0.140. The maximum absolute atomic E-state index is 12.9. The van der Waals surface area contributed by atoms with E-state index in [1.807, 2.05) is 37.3 Å². The number of amides is 2. The Morgan fingerprint density at radius 2 is 1.46 bits per heavy atom. The van der Waals surface area contributed by atoms with E-state index in [4.69, 9.17) is 0 Å². The monoisotopic (exact) mass is 377 g/mol. The van der Waals surface area contributed by atoms with Gasteiger partial charge in [-0.1, -0.05) is 60.2 Å². The zero-order valence-electron chi connectivity index (χ0n) is 16.4. The van der Waals surface area contributed by atoms with Crippen LogP contribution >= 0.6 is 0 Å². The molecule has 146 valence electrons. The molecule has 2 aromatic rings. The first-order chi connectivity index (χ1) is 13.6. The van der Waals surface area contributed by atoms with Gasteiger partial charge in [-0.15, -0.1) is 0 Å². The third kappa shape index (κ3) is 4.16. The summed E-state index contributed by atoms with van der Waals surface area (Å²) in [7, 11) is 0. The molecule has 2 amide bonds. The van der Waals surface area contributed by atoms with Crippen LogP contribution in [0.2, 0.25) is 0 Å². The van der Waals surface area contributed by atoms with Crippen molar-refractivity contribution < 1.29 is 9.59 Å². The van der Waals surface area contributed by atoms with Crippen molar-refractivity contribution in [2.24, 2.45) is 0 Å². The number of carbonyl (C=O) groups excluding carboxylic acids is 2. The molecule has 2 aromatic carbocycles. The fourth-order valence-corrected chi connectivity index (χ4v) is 4.07. The Morgan fingerprint density at radius 3 is 2.14 bits per heavy atom. The second-order valence-corrected chi connectivity index (χ2v) is 7.82. The van der Waals surface area contributed by atoms with E-state index in [1.54, 1.807) is 0 Å². The highest BCUT2D eigenvalue weighted by molar-refractivity contribution is 6.05. The van der Waals surface area contributed by atoms with Gasteiger partial charge in [-0.3, -0.25) is 24.3 Å². The molecule has 28 heavy (non-hydrogen) atoms. The minimum absolute atomic E-state index is 0.0397. The summed E-state index contributed by atoms with van der Waals surface area (Å²) < 4.78 is 0. The maximum Gasteiger partial charge on any atom is 0.247 e. The molecule has 0 radical (unpaired) electrons. The lowest BCUT2D eigenvalue weighted by Crippen LogP contribution is -2.52. The van der Waals surface area contributed by atoms with Crippen LogP contribution in [-0.2, 0) is 22.7 Å². The Hall–Kier alpha value is -2.50. The van der Waals surface area contributed by atoms with Gasteiger partial charge in [0.2, 0.25) is 11.8 Å². The van der Waals surface area contributed by atoms with Gasteiger partial charge in [-0.25, -0.2) is 0 Å². The number of hydrogen-bond acceptors (Lipinski definition) is 4. The number of aryl methyl sites for hydroxylation is 1. The van der Waals surface area contributed by atoms with Gasteiger partial charge in [-0.2, -0.15) is 0 Å². The summed E-state index contributed by atoms with van der Waals surface area (Å²) in [4.78, 5) is 31.4. The van der Waals surface area contributed by atoms with Crippen LogP contribution in [0.3, 0.4) is 0 Å². The number of benzene rings is 2. The minimum Gasteiger partial charge on any atom is -0.297 e. The van der Waals surface area contributed by atoms with Crippen molar-refractivity contribution in [2.75, 3.05) is 26.2 Å². The molecule has 1 atom stereocenters. The third-order valence-corrected chi connectivity index (χ3v) is 5.78. The van der Waals surface area contributed by atoms with Crippen molar-refractivity contribution in [1.29, 1.82) is 0 Å². The lowest BCUT2D eigenvalue weighted by Gasteiger charge is -2.37. The predicted octanol–water partition coefficient (Wildman–Crippen LogP) is 2.44. The molecular formula is C23H27N3O2. The summed E-state index contributed by atoms with van der Waals surface area (Å²) in [5.74, 6) is -0.0932. The lowest BCUT2D eigenvalue weighted by atomic mass is 10.1. The van der Waals surface area contributed by atoms with Crippen LogP contribution in [0.4, 0.5) is 0 Å². The van der Waals surface area contributed by atoms with Crippen molar-refractivity contribution >= 4 is 11.8 Å². The van der Waals surface area contributed by atoms with E-state index in [-0.39, 0.29) is 17.9 Å². The van der Waals surface area contributed by atoms with Gasteiger partial charge in [0.1, 0.15) is 0 Å². The molecular weight excluding hydrogens is 350 g/mol. The van der Waals surface area contributed by atoms with Gasteiger partial charge in [0.25, 0.3) is 0 Å². The molecule has 5 heteroatoms. The quantitative estimate of drug-likeness (QED) is 0.751. The van der Waals surface area contributed by atoms with E-state index < -0.39 is 0 Å². The van der Waals surface area contributed by atoms with Crippen LogP contribution in [0.1, 0.15) is 23.1 Å². The van der Waals surface area contributed by atoms with Gasteiger partial charge < -0.3 is 0 Å². The Bertz CT molecular complexity index is 827. The zero-order chi connectivity index (χ0) is 19.5. The van der Waals surface area contributed by atoms with Gasteiger partial charge >= 0.3 is 0 Å². The third-order valence-electron chi connectivity index (χ3n) is 5.78. The summed E-state index contributed by atoms with van der Waals surface area (Å²) >= 11 is 0. The average Bonchev–Trinajstić information content (AvgIpc) is 2.99. The fraction of sp³-hybridized carbons (Fsp3) is 0.391. The number of likely N-dealkylation sites (tertiary alicyclic amines) is 1. The number of carbonyl (C=O) groups is 2.